The number of aryl methyl sites for hydroxylation is 1. The van der Waals surface area contributed by atoms with Crippen molar-refractivity contribution in [1.82, 2.24) is 4.90 Å². The predicted molar refractivity (Wildman–Crippen MR) is 92.4 cm³/mol. The standard InChI is InChI=1S/C19H26N2O/c1-4-21(5-2)19(14-20)16-8-12-18(13-9-16)22-17-10-6-15(3)7-11-17/h6-13,19H,4-5,14,20H2,1-3H3. The minimum absolute atomic E-state index is 0.267. The zero-order valence-corrected chi connectivity index (χ0v) is 13.8. The van der Waals surface area contributed by atoms with E-state index in [0.717, 1.165) is 24.6 Å². The normalized spacial score (nSPS) is 12.4. The van der Waals surface area contributed by atoms with E-state index in [0.29, 0.717) is 6.54 Å². The second kappa shape index (κ2) is 7.97. The van der Waals surface area contributed by atoms with Gasteiger partial charge in [0, 0.05) is 12.6 Å². The van der Waals surface area contributed by atoms with Crippen LogP contribution < -0.4 is 10.5 Å². The van der Waals surface area contributed by atoms with Crippen LogP contribution in [0.15, 0.2) is 48.5 Å². The Morgan fingerprint density at radius 1 is 0.909 bits per heavy atom. The highest BCUT2D eigenvalue weighted by Gasteiger charge is 2.15. The molecule has 2 aromatic rings. The van der Waals surface area contributed by atoms with Crippen molar-refractivity contribution in [3.05, 3.63) is 59.7 Å². The first-order chi connectivity index (χ1) is 10.7. The van der Waals surface area contributed by atoms with E-state index in [2.05, 4.69) is 49.9 Å². The van der Waals surface area contributed by atoms with Crippen molar-refractivity contribution in [2.45, 2.75) is 26.8 Å². The van der Waals surface area contributed by atoms with Crippen molar-refractivity contribution in [2.24, 2.45) is 5.73 Å². The second-order valence-electron chi connectivity index (χ2n) is 5.46. The lowest BCUT2D eigenvalue weighted by Gasteiger charge is -2.29. The molecule has 1 unspecified atom stereocenters. The van der Waals surface area contributed by atoms with Crippen molar-refractivity contribution in [2.75, 3.05) is 19.6 Å². The molecule has 3 heteroatoms. The van der Waals surface area contributed by atoms with Crippen molar-refractivity contribution in [1.29, 1.82) is 0 Å². The molecule has 0 fully saturated rings. The summed E-state index contributed by atoms with van der Waals surface area (Å²) in [6.07, 6.45) is 0. The topological polar surface area (TPSA) is 38.5 Å². The maximum atomic E-state index is 5.96. The second-order valence-corrected chi connectivity index (χ2v) is 5.46. The SMILES string of the molecule is CCN(CC)C(CN)c1ccc(Oc2ccc(C)cc2)cc1. The van der Waals surface area contributed by atoms with Gasteiger partial charge in [0.25, 0.3) is 0 Å². The van der Waals surface area contributed by atoms with Gasteiger partial charge in [0.05, 0.1) is 0 Å². The quantitative estimate of drug-likeness (QED) is 0.835. The molecule has 3 nitrogen and oxygen atoms in total. The van der Waals surface area contributed by atoms with Crippen LogP contribution in [0.1, 0.15) is 31.0 Å². The van der Waals surface area contributed by atoms with E-state index in [9.17, 15) is 0 Å². The van der Waals surface area contributed by atoms with Crippen LogP contribution in [-0.4, -0.2) is 24.5 Å². The van der Waals surface area contributed by atoms with Gasteiger partial charge in [0.1, 0.15) is 11.5 Å². The van der Waals surface area contributed by atoms with E-state index in [4.69, 9.17) is 10.5 Å². The largest absolute Gasteiger partial charge is 0.457 e. The zero-order valence-electron chi connectivity index (χ0n) is 13.8. The highest BCUT2D eigenvalue weighted by Crippen LogP contribution is 2.25. The molecule has 0 bridgehead atoms. The van der Waals surface area contributed by atoms with E-state index >= 15 is 0 Å². The van der Waals surface area contributed by atoms with E-state index in [1.165, 1.54) is 11.1 Å². The minimum Gasteiger partial charge on any atom is -0.457 e. The Balaban J connectivity index is 2.10. The molecule has 0 aliphatic rings. The van der Waals surface area contributed by atoms with Crippen molar-refractivity contribution in [3.8, 4) is 11.5 Å². The highest BCUT2D eigenvalue weighted by molar-refractivity contribution is 5.35. The average molecular weight is 298 g/mol. The Hall–Kier alpha value is -1.84. The fourth-order valence-corrected chi connectivity index (χ4v) is 2.66. The van der Waals surface area contributed by atoms with Gasteiger partial charge >= 0.3 is 0 Å². The lowest BCUT2D eigenvalue weighted by molar-refractivity contribution is 0.224. The Labute approximate surface area is 133 Å². The van der Waals surface area contributed by atoms with Gasteiger partial charge in [-0.25, -0.2) is 0 Å². The van der Waals surface area contributed by atoms with Crippen LogP contribution in [0.5, 0.6) is 11.5 Å². The highest BCUT2D eigenvalue weighted by atomic mass is 16.5. The Morgan fingerprint density at radius 3 is 1.86 bits per heavy atom. The third kappa shape index (κ3) is 4.09. The molecule has 0 saturated heterocycles. The van der Waals surface area contributed by atoms with Gasteiger partial charge in [0.15, 0.2) is 0 Å². The van der Waals surface area contributed by atoms with E-state index in [1.54, 1.807) is 0 Å². The molecule has 2 N–H and O–H groups in total. The molecule has 2 aromatic carbocycles. The van der Waals surface area contributed by atoms with Gasteiger partial charge in [-0.1, -0.05) is 43.7 Å². The number of benzene rings is 2. The molecule has 0 heterocycles. The fraction of sp³-hybridized carbons (Fsp3) is 0.368. The number of rotatable bonds is 7. The maximum Gasteiger partial charge on any atom is 0.127 e. The minimum atomic E-state index is 0.267. The van der Waals surface area contributed by atoms with Gasteiger partial charge in [-0.3, -0.25) is 4.90 Å². The molecule has 0 aromatic heterocycles. The van der Waals surface area contributed by atoms with Gasteiger partial charge < -0.3 is 10.5 Å². The van der Waals surface area contributed by atoms with Crippen LogP contribution in [0.25, 0.3) is 0 Å². The summed E-state index contributed by atoms with van der Waals surface area (Å²) >= 11 is 0. The van der Waals surface area contributed by atoms with Crippen LogP contribution in [0.4, 0.5) is 0 Å². The van der Waals surface area contributed by atoms with Crippen LogP contribution in [0.2, 0.25) is 0 Å². The van der Waals surface area contributed by atoms with Crippen LogP contribution in [0.3, 0.4) is 0 Å². The van der Waals surface area contributed by atoms with Gasteiger partial charge in [-0.05, 0) is 49.8 Å². The Morgan fingerprint density at radius 2 is 1.41 bits per heavy atom. The summed E-state index contributed by atoms with van der Waals surface area (Å²) in [7, 11) is 0. The first-order valence-corrected chi connectivity index (χ1v) is 7.96. The average Bonchev–Trinajstić information content (AvgIpc) is 2.55. The molecule has 0 saturated carbocycles. The number of hydrogen-bond donors (Lipinski definition) is 1. The van der Waals surface area contributed by atoms with Gasteiger partial charge in [0.2, 0.25) is 0 Å². The third-order valence-corrected chi connectivity index (χ3v) is 4.00. The summed E-state index contributed by atoms with van der Waals surface area (Å²) in [5.41, 5.74) is 8.43. The number of ether oxygens (including phenoxy) is 1. The van der Waals surface area contributed by atoms with E-state index in [-0.39, 0.29) is 6.04 Å². The molecular weight excluding hydrogens is 272 g/mol. The van der Waals surface area contributed by atoms with Crippen molar-refractivity contribution >= 4 is 0 Å². The summed E-state index contributed by atoms with van der Waals surface area (Å²) < 4.78 is 5.87. The number of hydrogen-bond acceptors (Lipinski definition) is 3. The number of nitrogens with two attached hydrogens (primary N) is 1. The summed E-state index contributed by atoms with van der Waals surface area (Å²) in [5, 5.41) is 0. The summed E-state index contributed by atoms with van der Waals surface area (Å²) in [5.74, 6) is 1.71. The fourth-order valence-electron chi connectivity index (χ4n) is 2.66. The van der Waals surface area contributed by atoms with Gasteiger partial charge in [-0.2, -0.15) is 0 Å². The lowest BCUT2D eigenvalue weighted by Crippen LogP contribution is -2.33. The molecular formula is C19H26N2O. The van der Waals surface area contributed by atoms with Crippen molar-refractivity contribution < 1.29 is 4.74 Å². The van der Waals surface area contributed by atoms with Crippen LogP contribution in [0, 0.1) is 6.92 Å². The summed E-state index contributed by atoms with van der Waals surface area (Å²) in [6, 6.07) is 16.6. The molecule has 22 heavy (non-hydrogen) atoms. The maximum absolute atomic E-state index is 5.96. The number of nitrogens with zero attached hydrogens (tertiary/aromatic N) is 1. The molecule has 1 atom stereocenters. The molecule has 2 rings (SSSR count). The Kier molecular flexibility index (Phi) is 5.99. The van der Waals surface area contributed by atoms with E-state index < -0.39 is 0 Å². The predicted octanol–water partition coefficient (Wildman–Crippen LogP) is 4.13. The Bertz CT molecular complexity index is 559. The molecule has 0 aliphatic carbocycles. The van der Waals surface area contributed by atoms with Crippen molar-refractivity contribution in [3.63, 3.8) is 0 Å². The molecule has 118 valence electrons. The lowest BCUT2D eigenvalue weighted by atomic mass is 10.1. The first-order valence-electron chi connectivity index (χ1n) is 7.96. The van der Waals surface area contributed by atoms with Crippen LogP contribution >= 0.6 is 0 Å². The molecule has 0 radical (unpaired) electrons. The molecule has 0 aliphatic heterocycles. The third-order valence-electron chi connectivity index (χ3n) is 4.00. The molecule has 0 spiro atoms. The molecule has 0 amide bonds. The van der Waals surface area contributed by atoms with E-state index in [1.807, 2.05) is 24.3 Å². The number of likely N-dealkylation sites (N-methyl/N-ethyl adjacent to an activating group) is 1. The smallest absolute Gasteiger partial charge is 0.127 e. The summed E-state index contributed by atoms with van der Waals surface area (Å²) in [4.78, 5) is 2.37. The monoisotopic (exact) mass is 298 g/mol. The summed E-state index contributed by atoms with van der Waals surface area (Å²) in [6.45, 7) is 9.03. The van der Waals surface area contributed by atoms with Gasteiger partial charge in [-0.15, -0.1) is 0 Å². The first kappa shape index (κ1) is 16.5. The zero-order chi connectivity index (χ0) is 15.9. The van der Waals surface area contributed by atoms with Crippen LogP contribution in [-0.2, 0) is 0 Å².